The summed E-state index contributed by atoms with van der Waals surface area (Å²) in [5.74, 6) is -1.08. The van der Waals surface area contributed by atoms with Gasteiger partial charge in [0.15, 0.2) is 0 Å². The van der Waals surface area contributed by atoms with Gasteiger partial charge in [-0.2, -0.15) is 4.31 Å². The van der Waals surface area contributed by atoms with Gasteiger partial charge < -0.3 is 5.32 Å². The molecule has 1 heterocycles. The van der Waals surface area contributed by atoms with Gasteiger partial charge in [-0.25, -0.2) is 13.9 Å². The molecule has 2 rings (SSSR count). The fourth-order valence-electron chi connectivity index (χ4n) is 2.05. The average Bonchev–Trinajstić information content (AvgIpc) is 2.98. The lowest BCUT2D eigenvalue weighted by Crippen LogP contribution is -2.31. The van der Waals surface area contributed by atoms with Crippen LogP contribution in [0.1, 0.15) is 6.92 Å². The van der Waals surface area contributed by atoms with Gasteiger partial charge in [-0.3, -0.25) is 14.8 Å². The first kappa shape index (κ1) is 17.4. The molecule has 2 amide bonds. The smallest absolute Gasteiger partial charge is 0.271 e. The molecule has 1 aromatic carbocycles. The Bertz CT molecular complexity index is 791. The highest BCUT2D eigenvalue weighted by Gasteiger charge is 2.30. The Morgan fingerprint density at radius 1 is 1.35 bits per heavy atom. The van der Waals surface area contributed by atoms with E-state index in [4.69, 9.17) is 16.8 Å². The molecule has 0 atom stereocenters. The summed E-state index contributed by atoms with van der Waals surface area (Å²) in [6.07, 6.45) is 1.41. The Morgan fingerprint density at radius 2 is 2.04 bits per heavy atom. The van der Waals surface area contributed by atoms with E-state index in [1.54, 1.807) is 0 Å². The van der Waals surface area contributed by atoms with E-state index in [1.165, 1.54) is 36.7 Å². The molecule has 0 radical (unpaired) electrons. The molecule has 0 unspecified atom stereocenters. The highest BCUT2D eigenvalue weighted by Crippen LogP contribution is 2.28. The van der Waals surface area contributed by atoms with Crippen LogP contribution in [0.3, 0.4) is 0 Å². The van der Waals surface area contributed by atoms with Gasteiger partial charge in [0, 0.05) is 25.6 Å². The molecule has 0 bridgehead atoms. The molecule has 0 aliphatic carbocycles. The van der Waals surface area contributed by atoms with Gasteiger partial charge in [0.1, 0.15) is 0 Å². The molecule has 124 valence electrons. The molecule has 23 heavy (non-hydrogen) atoms. The van der Waals surface area contributed by atoms with E-state index in [1.807, 2.05) is 0 Å². The average molecular weight is 360 g/mol. The molecule has 1 aromatic rings. The van der Waals surface area contributed by atoms with Gasteiger partial charge in [0.25, 0.3) is 5.91 Å². The summed E-state index contributed by atoms with van der Waals surface area (Å²) < 4.78 is 26.1. The minimum atomic E-state index is -3.86. The van der Waals surface area contributed by atoms with Crippen LogP contribution in [0.5, 0.6) is 0 Å². The number of benzene rings is 1. The topological polar surface area (TPSA) is 116 Å². The molecule has 0 fully saturated rings. The van der Waals surface area contributed by atoms with Crippen molar-refractivity contribution in [3.63, 3.8) is 0 Å². The number of sulfonamides is 1. The molecule has 0 saturated carbocycles. The number of halogens is 1. The second-order valence-corrected chi connectivity index (χ2v) is 7.14. The number of amides is 2. The van der Waals surface area contributed by atoms with Gasteiger partial charge in [0.05, 0.1) is 15.6 Å². The predicted molar refractivity (Wildman–Crippen MR) is 82.5 cm³/mol. The van der Waals surface area contributed by atoms with Crippen molar-refractivity contribution in [3.8, 4) is 0 Å². The minimum Gasteiger partial charge on any atom is -0.325 e. The van der Waals surface area contributed by atoms with E-state index in [9.17, 15) is 18.0 Å². The maximum Gasteiger partial charge on any atom is 0.271 e. The van der Waals surface area contributed by atoms with Crippen molar-refractivity contribution < 1.29 is 23.2 Å². The monoisotopic (exact) mass is 359 g/mol. The lowest BCUT2D eigenvalue weighted by Gasteiger charge is -2.17. The lowest BCUT2D eigenvalue weighted by atomic mass is 10.3. The van der Waals surface area contributed by atoms with Crippen molar-refractivity contribution in [2.75, 3.05) is 18.4 Å². The van der Waals surface area contributed by atoms with Crippen LogP contribution < -0.4 is 10.8 Å². The van der Waals surface area contributed by atoms with Crippen molar-refractivity contribution in [2.45, 2.75) is 11.8 Å². The first-order chi connectivity index (χ1) is 10.8. The summed E-state index contributed by atoms with van der Waals surface area (Å²) in [6, 6.07) is 3.93. The van der Waals surface area contributed by atoms with Crippen molar-refractivity contribution >= 4 is 39.1 Å². The highest BCUT2D eigenvalue weighted by atomic mass is 35.5. The van der Waals surface area contributed by atoms with Crippen molar-refractivity contribution in [2.24, 2.45) is 0 Å². The second-order valence-electron chi connectivity index (χ2n) is 4.79. The number of rotatable bonds is 4. The summed E-state index contributed by atoms with van der Waals surface area (Å²) in [5, 5.41) is 11.1. The van der Waals surface area contributed by atoms with E-state index in [0.717, 1.165) is 4.31 Å². The summed E-state index contributed by atoms with van der Waals surface area (Å²) in [5.41, 5.74) is 1.92. The van der Waals surface area contributed by atoms with Crippen LogP contribution in [0, 0.1) is 0 Å². The van der Waals surface area contributed by atoms with Gasteiger partial charge in [-0.15, -0.1) is 0 Å². The molecule has 0 aromatic heterocycles. The fraction of sp³-hybridized carbons (Fsp3) is 0.231. The number of hydrogen-bond donors (Lipinski definition) is 3. The van der Waals surface area contributed by atoms with Gasteiger partial charge in [-0.1, -0.05) is 17.7 Å². The first-order valence-corrected chi connectivity index (χ1v) is 8.28. The Balaban J connectivity index is 2.23. The largest absolute Gasteiger partial charge is 0.325 e. The van der Waals surface area contributed by atoms with E-state index in [2.05, 4.69) is 5.32 Å². The Kier molecular flexibility index (Phi) is 5.05. The van der Waals surface area contributed by atoms with Crippen molar-refractivity contribution in [3.05, 3.63) is 34.9 Å². The number of hydroxylamine groups is 1. The first-order valence-electron chi connectivity index (χ1n) is 6.46. The predicted octanol–water partition coefficient (Wildman–Crippen LogP) is 0.735. The zero-order chi connectivity index (χ0) is 17.2. The SMILES string of the molecule is CC(=O)Nc1ccc(S(=O)(=O)N2CC=C(C(=O)NO)C2)cc1Cl. The summed E-state index contributed by atoms with van der Waals surface area (Å²) >= 11 is 5.98. The minimum absolute atomic E-state index is 0.0101. The number of hydrogen-bond acceptors (Lipinski definition) is 5. The van der Waals surface area contributed by atoms with E-state index in [-0.39, 0.29) is 34.5 Å². The van der Waals surface area contributed by atoms with Crippen molar-refractivity contribution in [1.82, 2.24) is 9.79 Å². The quantitative estimate of drug-likeness (QED) is 0.541. The molecule has 10 heteroatoms. The number of anilines is 1. The van der Waals surface area contributed by atoms with Crippen LogP contribution in [-0.2, 0) is 19.6 Å². The Labute approximate surface area is 137 Å². The Morgan fingerprint density at radius 3 is 2.61 bits per heavy atom. The normalized spacial score (nSPS) is 15.2. The van der Waals surface area contributed by atoms with Gasteiger partial charge in [-0.05, 0) is 18.2 Å². The van der Waals surface area contributed by atoms with Crippen LogP contribution in [0.4, 0.5) is 5.69 Å². The number of nitrogens with zero attached hydrogens (tertiary/aromatic N) is 1. The van der Waals surface area contributed by atoms with E-state index < -0.39 is 15.9 Å². The molecule has 1 aliphatic rings. The standard InChI is InChI=1S/C13H14ClN3O5S/c1-8(18)15-12-3-2-10(6-11(12)14)23(21,22)17-5-4-9(7-17)13(19)16-20/h2-4,6,20H,5,7H2,1H3,(H,15,18)(H,16,19). The maximum atomic E-state index is 12.5. The van der Waals surface area contributed by atoms with Crippen LogP contribution >= 0.6 is 11.6 Å². The summed E-state index contributed by atoms with van der Waals surface area (Å²) in [4.78, 5) is 22.3. The van der Waals surface area contributed by atoms with Crippen LogP contribution in [-0.4, -0.2) is 42.8 Å². The van der Waals surface area contributed by atoms with E-state index >= 15 is 0 Å². The van der Waals surface area contributed by atoms with Crippen LogP contribution in [0.15, 0.2) is 34.7 Å². The molecule has 0 spiro atoms. The molecule has 8 nitrogen and oxygen atoms in total. The molecule has 1 aliphatic heterocycles. The molecule has 0 saturated heterocycles. The molecular formula is C13H14ClN3O5S. The summed E-state index contributed by atoms with van der Waals surface area (Å²) in [6.45, 7) is 1.17. The van der Waals surface area contributed by atoms with E-state index in [0.29, 0.717) is 5.69 Å². The number of carbonyl (C=O) groups excluding carboxylic acids is 2. The van der Waals surface area contributed by atoms with Crippen LogP contribution in [0.2, 0.25) is 5.02 Å². The third-order valence-corrected chi connectivity index (χ3v) is 5.29. The number of carbonyl (C=O) groups is 2. The summed E-state index contributed by atoms with van der Waals surface area (Å²) in [7, 11) is -3.86. The molecule has 3 N–H and O–H groups in total. The third kappa shape index (κ3) is 3.70. The highest BCUT2D eigenvalue weighted by molar-refractivity contribution is 7.89. The van der Waals surface area contributed by atoms with Crippen LogP contribution in [0.25, 0.3) is 0 Å². The van der Waals surface area contributed by atoms with Gasteiger partial charge in [0.2, 0.25) is 15.9 Å². The Hall–Kier alpha value is -1.94. The third-order valence-electron chi connectivity index (χ3n) is 3.17. The van der Waals surface area contributed by atoms with Gasteiger partial charge >= 0.3 is 0 Å². The lowest BCUT2D eigenvalue weighted by molar-refractivity contribution is -0.125. The fourth-order valence-corrected chi connectivity index (χ4v) is 3.72. The second kappa shape index (κ2) is 6.67. The zero-order valence-corrected chi connectivity index (χ0v) is 13.6. The van der Waals surface area contributed by atoms with Crippen molar-refractivity contribution in [1.29, 1.82) is 0 Å². The maximum absolute atomic E-state index is 12.5. The number of nitrogens with one attached hydrogen (secondary N) is 2. The zero-order valence-electron chi connectivity index (χ0n) is 12.0. The molecular weight excluding hydrogens is 346 g/mol.